The van der Waals surface area contributed by atoms with Gasteiger partial charge in [-0.3, -0.25) is 9.69 Å². The van der Waals surface area contributed by atoms with Crippen molar-refractivity contribution in [1.82, 2.24) is 10.2 Å². The second-order valence-corrected chi connectivity index (χ2v) is 6.93. The first-order valence-electron chi connectivity index (χ1n) is 8.69. The minimum absolute atomic E-state index is 0.0527. The number of ether oxygens (including phenoxy) is 3. The standard InChI is InChI=1S/C19H30N2O4/c1-13(2)17-10-21(11-18(17)20-19(22)12-23-3)9-14-6-15(24-4)8-16(7-14)25-5/h6-8,13,17-18H,9-12H2,1-5H3,(H,20,22)/t17-,18+/m0/s1. The Bertz CT molecular complexity index is 554. The predicted molar refractivity (Wildman–Crippen MR) is 97.0 cm³/mol. The molecule has 0 spiro atoms. The van der Waals surface area contributed by atoms with E-state index in [-0.39, 0.29) is 18.6 Å². The van der Waals surface area contributed by atoms with E-state index < -0.39 is 0 Å². The number of benzene rings is 1. The normalized spacial score (nSPS) is 20.7. The summed E-state index contributed by atoms with van der Waals surface area (Å²) < 4.78 is 15.6. The maximum absolute atomic E-state index is 11.9. The number of nitrogens with zero attached hydrogens (tertiary/aromatic N) is 1. The molecule has 140 valence electrons. The van der Waals surface area contributed by atoms with Crippen molar-refractivity contribution in [3.05, 3.63) is 23.8 Å². The van der Waals surface area contributed by atoms with Gasteiger partial charge in [-0.1, -0.05) is 13.8 Å². The van der Waals surface area contributed by atoms with Gasteiger partial charge in [0.1, 0.15) is 18.1 Å². The molecule has 0 radical (unpaired) electrons. The van der Waals surface area contributed by atoms with Crippen molar-refractivity contribution >= 4 is 5.91 Å². The number of nitrogens with one attached hydrogen (secondary N) is 1. The van der Waals surface area contributed by atoms with Crippen molar-refractivity contribution in [2.24, 2.45) is 11.8 Å². The summed E-state index contributed by atoms with van der Waals surface area (Å²) in [6.07, 6.45) is 0. The Morgan fingerprint density at radius 3 is 2.32 bits per heavy atom. The molecule has 0 aromatic heterocycles. The lowest BCUT2D eigenvalue weighted by molar-refractivity contribution is -0.125. The van der Waals surface area contributed by atoms with Crippen LogP contribution >= 0.6 is 0 Å². The molecule has 0 aliphatic carbocycles. The van der Waals surface area contributed by atoms with E-state index in [9.17, 15) is 4.79 Å². The van der Waals surface area contributed by atoms with E-state index in [0.29, 0.717) is 11.8 Å². The molecule has 1 saturated heterocycles. The van der Waals surface area contributed by atoms with Gasteiger partial charge in [-0.15, -0.1) is 0 Å². The quantitative estimate of drug-likeness (QED) is 0.776. The summed E-state index contributed by atoms with van der Waals surface area (Å²) in [4.78, 5) is 14.3. The van der Waals surface area contributed by atoms with E-state index in [1.165, 1.54) is 7.11 Å². The Morgan fingerprint density at radius 1 is 1.16 bits per heavy atom. The van der Waals surface area contributed by atoms with Crippen LogP contribution in [0.1, 0.15) is 19.4 Å². The van der Waals surface area contributed by atoms with Crippen LogP contribution in [0.2, 0.25) is 0 Å². The second kappa shape index (κ2) is 9.06. The van der Waals surface area contributed by atoms with Crippen LogP contribution in [0.5, 0.6) is 11.5 Å². The lowest BCUT2D eigenvalue weighted by Gasteiger charge is -2.22. The van der Waals surface area contributed by atoms with Gasteiger partial charge >= 0.3 is 0 Å². The molecule has 1 N–H and O–H groups in total. The number of rotatable bonds is 8. The van der Waals surface area contributed by atoms with Crippen LogP contribution in [0.3, 0.4) is 0 Å². The Labute approximate surface area is 150 Å². The van der Waals surface area contributed by atoms with Gasteiger partial charge in [-0.25, -0.2) is 0 Å². The smallest absolute Gasteiger partial charge is 0.246 e. The van der Waals surface area contributed by atoms with Gasteiger partial charge in [0.25, 0.3) is 0 Å². The molecule has 6 nitrogen and oxygen atoms in total. The number of hydrogen-bond acceptors (Lipinski definition) is 5. The number of amides is 1. The molecule has 1 heterocycles. The molecule has 0 saturated carbocycles. The number of carbonyl (C=O) groups excluding carboxylic acids is 1. The third-order valence-electron chi connectivity index (χ3n) is 4.74. The lowest BCUT2D eigenvalue weighted by Crippen LogP contribution is -2.43. The zero-order valence-corrected chi connectivity index (χ0v) is 15.9. The maximum Gasteiger partial charge on any atom is 0.246 e. The average Bonchev–Trinajstić information content (AvgIpc) is 2.97. The van der Waals surface area contributed by atoms with Gasteiger partial charge in [0.05, 0.1) is 14.2 Å². The van der Waals surface area contributed by atoms with Gasteiger partial charge < -0.3 is 19.5 Å². The lowest BCUT2D eigenvalue weighted by atomic mass is 9.91. The third-order valence-corrected chi connectivity index (χ3v) is 4.74. The van der Waals surface area contributed by atoms with Crippen LogP contribution in [-0.4, -0.2) is 57.9 Å². The highest BCUT2D eigenvalue weighted by molar-refractivity contribution is 5.77. The van der Waals surface area contributed by atoms with Gasteiger partial charge in [0.2, 0.25) is 5.91 Å². The zero-order chi connectivity index (χ0) is 18.4. The summed E-state index contributed by atoms with van der Waals surface area (Å²) >= 11 is 0. The molecular weight excluding hydrogens is 320 g/mol. The predicted octanol–water partition coefficient (Wildman–Crippen LogP) is 1.92. The Kier molecular flexibility index (Phi) is 7.08. The van der Waals surface area contributed by atoms with E-state index in [0.717, 1.165) is 36.7 Å². The molecule has 6 heteroatoms. The zero-order valence-electron chi connectivity index (χ0n) is 15.9. The molecule has 0 unspecified atom stereocenters. The fourth-order valence-corrected chi connectivity index (χ4v) is 3.47. The van der Waals surface area contributed by atoms with Crippen molar-refractivity contribution in [3.8, 4) is 11.5 Å². The SMILES string of the molecule is COCC(=O)N[C@@H]1CN(Cc2cc(OC)cc(OC)c2)C[C@H]1C(C)C. The van der Waals surface area contributed by atoms with Gasteiger partial charge in [0.15, 0.2) is 0 Å². The average molecular weight is 350 g/mol. The molecule has 25 heavy (non-hydrogen) atoms. The summed E-state index contributed by atoms with van der Waals surface area (Å²) in [6.45, 7) is 7.10. The van der Waals surface area contributed by atoms with Crippen LogP contribution in [0, 0.1) is 11.8 Å². The van der Waals surface area contributed by atoms with Crippen molar-refractivity contribution in [1.29, 1.82) is 0 Å². The molecule has 1 aromatic carbocycles. The Balaban J connectivity index is 2.06. The highest BCUT2D eigenvalue weighted by Crippen LogP contribution is 2.28. The number of hydrogen-bond donors (Lipinski definition) is 1. The van der Waals surface area contributed by atoms with E-state index in [4.69, 9.17) is 14.2 Å². The number of methoxy groups -OCH3 is 3. The highest BCUT2D eigenvalue weighted by atomic mass is 16.5. The fraction of sp³-hybridized carbons (Fsp3) is 0.632. The van der Waals surface area contributed by atoms with Crippen molar-refractivity contribution in [2.75, 3.05) is 41.0 Å². The minimum Gasteiger partial charge on any atom is -0.497 e. The van der Waals surface area contributed by atoms with Crippen molar-refractivity contribution < 1.29 is 19.0 Å². The first-order chi connectivity index (χ1) is 12.0. The van der Waals surface area contributed by atoms with E-state index in [1.54, 1.807) is 14.2 Å². The van der Waals surface area contributed by atoms with Gasteiger partial charge in [0, 0.05) is 38.9 Å². The summed E-state index contributed by atoms with van der Waals surface area (Å²) in [5.41, 5.74) is 1.14. The molecule has 1 aromatic rings. The summed E-state index contributed by atoms with van der Waals surface area (Å²) in [5, 5.41) is 3.12. The van der Waals surface area contributed by atoms with Crippen LogP contribution in [0.25, 0.3) is 0 Å². The summed E-state index contributed by atoms with van der Waals surface area (Å²) in [7, 11) is 4.85. The summed E-state index contributed by atoms with van der Waals surface area (Å²) in [5.74, 6) is 2.45. The number of likely N-dealkylation sites (tertiary alicyclic amines) is 1. The van der Waals surface area contributed by atoms with Crippen molar-refractivity contribution in [3.63, 3.8) is 0 Å². The molecular formula is C19H30N2O4. The second-order valence-electron chi connectivity index (χ2n) is 6.93. The topological polar surface area (TPSA) is 60.0 Å². The fourth-order valence-electron chi connectivity index (χ4n) is 3.47. The Hall–Kier alpha value is -1.79. The molecule has 1 aliphatic rings. The van der Waals surface area contributed by atoms with Crippen LogP contribution in [0.4, 0.5) is 0 Å². The van der Waals surface area contributed by atoms with Crippen LogP contribution < -0.4 is 14.8 Å². The monoisotopic (exact) mass is 350 g/mol. The molecule has 1 fully saturated rings. The largest absolute Gasteiger partial charge is 0.497 e. The maximum atomic E-state index is 11.9. The van der Waals surface area contributed by atoms with Crippen molar-refractivity contribution in [2.45, 2.75) is 26.4 Å². The van der Waals surface area contributed by atoms with Crippen LogP contribution in [-0.2, 0) is 16.1 Å². The van der Waals surface area contributed by atoms with Gasteiger partial charge in [-0.2, -0.15) is 0 Å². The Morgan fingerprint density at radius 2 is 1.80 bits per heavy atom. The van der Waals surface area contributed by atoms with Crippen LogP contribution in [0.15, 0.2) is 18.2 Å². The van der Waals surface area contributed by atoms with E-state index in [1.807, 2.05) is 18.2 Å². The van der Waals surface area contributed by atoms with E-state index in [2.05, 4.69) is 24.1 Å². The molecule has 2 rings (SSSR count). The molecule has 1 aliphatic heterocycles. The first kappa shape index (κ1) is 19.5. The van der Waals surface area contributed by atoms with Gasteiger partial charge in [-0.05, 0) is 29.5 Å². The highest BCUT2D eigenvalue weighted by Gasteiger charge is 2.35. The number of carbonyl (C=O) groups is 1. The first-order valence-corrected chi connectivity index (χ1v) is 8.69. The minimum atomic E-state index is -0.0527. The molecule has 0 bridgehead atoms. The third kappa shape index (κ3) is 5.34. The summed E-state index contributed by atoms with van der Waals surface area (Å²) in [6, 6.07) is 6.08. The molecule has 1 amide bonds. The van der Waals surface area contributed by atoms with E-state index >= 15 is 0 Å². The molecule has 2 atom stereocenters.